The van der Waals surface area contributed by atoms with Crippen molar-refractivity contribution >= 4 is 75.4 Å². The average molecular weight is 731 g/mol. The molecule has 0 heterocycles. The zero-order valence-electron chi connectivity index (χ0n) is 34.4. The summed E-state index contributed by atoms with van der Waals surface area (Å²) < 4.78 is 17.5. The first-order valence-electron chi connectivity index (χ1n) is 22.6. The van der Waals surface area contributed by atoms with E-state index in [1.54, 1.807) is 0 Å². The van der Waals surface area contributed by atoms with Crippen LogP contribution in [0.25, 0.3) is 75.4 Å². The zero-order valence-corrected chi connectivity index (χ0v) is 34.4. The van der Waals surface area contributed by atoms with Crippen LogP contribution in [-0.4, -0.2) is 0 Å². The minimum absolute atomic E-state index is 0.0648. The largest absolute Gasteiger partial charge is 0.206 e. The predicted molar refractivity (Wildman–Crippen MR) is 243 cm³/mol. The van der Waals surface area contributed by atoms with Gasteiger partial charge in [0.1, 0.15) is 5.82 Å². The molecule has 0 aromatic heterocycles. The summed E-state index contributed by atoms with van der Waals surface area (Å²) in [6.07, 6.45) is 24.5. The van der Waals surface area contributed by atoms with Crippen LogP contribution in [0.5, 0.6) is 0 Å². The molecule has 0 fully saturated rings. The summed E-state index contributed by atoms with van der Waals surface area (Å²) in [5, 5.41) is 16.9. The van der Waals surface area contributed by atoms with Gasteiger partial charge < -0.3 is 0 Å². The Bertz CT molecular complexity index is 2550. The molecule has 0 N–H and O–H groups in total. The number of unbranched alkanes of at least 4 members (excludes halogenated alkanes) is 12. The molecule has 0 aliphatic carbocycles. The van der Waals surface area contributed by atoms with Crippen molar-refractivity contribution in [3.63, 3.8) is 0 Å². The van der Waals surface area contributed by atoms with Crippen LogP contribution < -0.4 is 0 Å². The number of aryl methyl sites for hydroxylation is 4. The molecule has 0 saturated heterocycles. The molecule has 0 aliphatic heterocycles. The molecule has 0 saturated carbocycles. The molecule has 1 heteroatoms. The van der Waals surface area contributed by atoms with Gasteiger partial charge in [0.05, 0.1) is 0 Å². The first kappa shape index (κ1) is 37.9. The second-order valence-corrected chi connectivity index (χ2v) is 17.1. The van der Waals surface area contributed by atoms with Gasteiger partial charge in [-0.15, -0.1) is 0 Å². The van der Waals surface area contributed by atoms with Gasteiger partial charge in [0.25, 0.3) is 0 Å². The van der Waals surface area contributed by atoms with E-state index in [1.807, 2.05) is 6.07 Å². The van der Waals surface area contributed by atoms with E-state index in [1.165, 1.54) is 179 Å². The zero-order chi connectivity index (χ0) is 37.9. The predicted octanol–water partition coefficient (Wildman–Crippen LogP) is 17.3. The topological polar surface area (TPSA) is 0 Å². The molecular formula is C54H63F. The Kier molecular flexibility index (Phi) is 11.7. The van der Waals surface area contributed by atoms with Crippen LogP contribution in [0.15, 0.2) is 66.7 Å². The summed E-state index contributed by atoms with van der Waals surface area (Å²) in [5.41, 5.74) is 5.92. The summed E-state index contributed by atoms with van der Waals surface area (Å²) >= 11 is 0. The Morgan fingerprint density at radius 2 is 0.636 bits per heavy atom. The first-order chi connectivity index (χ1) is 27.1. The molecule has 0 bridgehead atoms. The second-order valence-electron chi connectivity index (χ2n) is 17.1. The summed E-state index contributed by atoms with van der Waals surface area (Å²) in [7, 11) is 0. The van der Waals surface area contributed by atoms with Gasteiger partial charge in [-0.25, -0.2) is 4.39 Å². The monoisotopic (exact) mass is 730 g/mol. The SMILES string of the molecule is CCCCCCc1cc2c(cc1CCCCCC)c1cc(F)c3c4cc(CCCCCC)c(CCCCCC)cc4c4cccc5c6cccc2c6c1c3c45. The molecule has 0 atom stereocenters. The lowest BCUT2D eigenvalue weighted by Gasteiger charge is -2.23. The maximum Gasteiger partial charge on any atom is 0.132 e. The highest BCUT2D eigenvalue weighted by Crippen LogP contribution is 2.51. The Morgan fingerprint density at radius 1 is 0.309 bits per heavy atom. The van der Waals surface area contributed by atoms with E-state index in [0.717, 1.165) is 47.2 Å². The van der Waals surface area contributed by atoms with Crippen LogP contribution in [-0.2, 0) is 25.7 Å². The van der Waals surface area contributed by atoms with Gasteiger partial charge in [-0.2, -0.15) is 0 Å². The summed E-state index contributed by atoms with van der Waals surface area (Å²) in [5.74, 6) is -0.0648. The highest BCUT2D eigenvalue weighted by atomic mass is 19.1. The van der Waals surface area contributed by atoms with E-state index in [-0.39, 0.29) is 5.82 Å². The maximum atomic E-state index is 17.5. The fourth-order valence-electron chi connectivity index (χ4n) is 10.3. The molecule has 0 radical (unpaired) electrons. The number of benzene rings is 8. The summed E-state index contributed by atoms with van der Waals surface area (Å²) in [6, 6.07) is 25.7. The van der Waals surface area contributed by atoms with Gasteiger partial charge in [0.15, 0.2) is 0 Å². The van der Waals surface area contributed by atoms with Crippen LogP contribution in [0, 0.1) is 5.82 Å². The Balaban J connectivity index is 1.43. The molecule has 0 spiro atoms. The van der Waals surface area contributed by atoms with Crippen molar-refractivity contribution in [2.75, 3.05) is 0 Å². The highest BCUT2D eigenvalue weighted by molar-refractivity contribution is 6.47. The minimum atomic E-state index is -0.0648. The van der Waals surface area contributed by atoms with E-state index in [9.17, 15) is 0 Å². The normalized spacial score (nSPS) is 12.5. The van der Waals surface area contributed by atoms with Gasteiger partial charge in [0.2, 0.25) is 0 Å². The van der Waals surface area contributed by atoms with Crippen molar-refractivity contribution in [2.45, 2.75) is 156 Å². The van der Waals surface area contributed by atoms with Crippen molar-refractivity contribution in [1.29, 1.82) is 0 Å². The maximum absolute atomic E-state index is 17.5. The third-order valence-electron chi connectivity index (χ3n) is 13.2. The van der Waals surface area contributed by atoms with Crippen LogP contribution in [0.4, 0.5) is 4.39 Å². The molecule has 0 aliphatic rings. The molecule has 8 aromatic rings. The summed E-state index contributed by atoms with van der Waals surface area (Å²) in [6.45, 7) is 9.18. The van der Waals surface area contributed by atoms with E-state index in [0.29, 0.717) is 0 Å². The Hall–Kier alpha value is -3.97. The van der Waals surface area contributed by atoms with Crippen LogP contribution in [0.3, 0.4) is 0 Å². The molecular weight excluding hydrogens is 668 g/mol. The van der Waals surface area contributed by atoms with E-state index in [2.05, 4.69) is 88.4 Å². The third kappa shape index (κ3) is 7.04. The lowest BCUT2D eigenvalue weighted by molar-refractivity contribution is 0.642. The minimum Gasteiger partial charge on any atom is -0.206 e. The number of rotatable bonds is 20. The van der Waals surface area contributed by atoms with Crippen LogP contribution >= 0.6 is 0 Å². The fraction of sp³-hybridized carbons (Fsp3) is 0.444. The van der Waals surface area contributed by atoms with Gasteiger partial charge in [-0.3, -0.25) is 0 Å². The van der Waals surface area contributed by atoms with Crippen LogP contribution in [0.2, 0.25) is 0 Å². The molecule has 0 unspecified atom stereocenters. The average Bonchev–Trinajstić information content (AvgIpc) is 3.20. The standard InChI is InChI=1S/C54H63F/c1-5-9-13-17-23-36-31-44-42-29-21-27-40-41-28-22-30-43-45-32-37(24-18-14-10-6-2)39(26-20-16-12-8-4)34-47(45)52-49(55)35-48(53(50(40)42)54(52)51(41)43)46(44)33-38(36)25-19-15-11-7-3/h21-22,27-35H,5-20,23-26H2,1-4H3. The number of hydrogen-bond donors (Lipinski definition) is 0. The fourth-order valence-corrected chi connectivity index (χ4v) is 10.3. The van der Waals surface area contributed by atoms with Crippen molar-refractivity contribution in [1.82, 2.24) is 0 Å². The van der Waals surface area contributed by atoms with Crippen molar-refractivity contribution in [3.8, 4) is 0 Å². The smallest absolute Gasteiger partial charge is 0.132 e. The molecule has 8 aromatic carbocycles. The van der Waals surface area contributed by atoms with Gasteiger partial charge >= 0.3 is 0 Å². The van der Waals surface area contributed by atoms with Gasteiger partial charge in [0, 0.05) is 10.8 Å². The van der Waals surface area contributed by atoms with E-state index < -0.39 is 0 Å². The van der Waals surface area contributed by atoms with Crippen molar-refractivity contribution in [2.24, 2.45) is 0 Å². The number of fused-ring (bicyclic) bond motifs is 7. The third-order valence-corrected chi connectivity index (χ3v) is 13.2. The van der Waals surface area contributed by atoms with E-state index in [4.69, 9.17) is 0 Å². The first-order valence-corrected chi connectivity index (χ1v) is 22.6. The lowest BCUT2D eigenvalue weighted by atomic mass is 9.80. The Morgan fingerprint density at radius 3 is 1.05 bits per heavy atom. The number of halogens is 1. The van der Waals surface area contributed by atoms with Gasteiger partial charge in [-0.05, 0) is 144 Å². The van der Waals surface area contributed by atoms with Crippen molar-refractivity contribution < 1.29 is 4.39 Å². The molecule has 0 amide bonds. The molecule has 286 valence electrons. The number of hydrogen-bond acceptors (Lipinski definition) is 0. The molecule has 0 nitrogen and oxygen atoms in total. The summed E-state index contributed by atoms with van der Waals surface area (Å²) in [4.78, 5) is 0. The van der Waals surface area contributed by atoms with Crippen molar-refractivity contribution in [3.05, 3.63) is 94.8 Å². The van der Waals surface area contributed by atoms with Gasteiger partial charge in [-0.1, -0.05) is 165 Å². The van der Waals surface area contributed by atoms with Crippen LogP contribution in [0.1, 0.15) is 153 Å². The van der Waals surface area contributed by atoms with E-state index >= 15 is 4.39 Å². The second kappa shape index (κ2) is 17.0. The quantitative estimate of drug-likeness (QED) is 0.0416. The molecule has 55 heavy (non-hydrogen) atoms. The lowest BCUT2D eigenvalue weighted by Crippen LogP contribution is -2.00. The Labute approximate surface area is 329 Å². The molecule has 8 rings (SSSR count). The highest BCUT2D eigenvalue weighted by Gasteiger charge is 2.25.